The summed E-state index contributed by atoms with van der Waals surface area (Å²) in [6.07, 6.45) is 1.57. The molecular formula is C21H18FN3O3. The molecule has 3 rings (SSSR count). The van der Waals surface area contributed by atoms with Crippen LogP contribution in [0.5, 0.6) is 0 Å². The number of benzene rings is 2. The summed E-state index contributed by atoms with van der Waals surface area (Å²) in [7, 11) is 0. The van der Waals surface area contributed by atoms with Gasteiger partial charge in [0.1, 0.15) is 11.6 Å². The quantitative estimate of drug-likeness (QED) is 0.621. The lowest BCUT2D eigenvalue weighted by molar-refractivity contribution is 0.0526. The van der Waals surface area contributed by atoms with Crippen molar-refractivity contribution in [1.29, 1.82) is 0 Å². The van der Waals surface area contributed by atoms with Crippen LogP contribution in [-0.4, -0.2) is 23.5 Å². The van der Waals surface area contributed by atoms with Gasteiger partial charge in [0.05, 0.1) is 24.1 Å². The second-order valence-electron chi connectivity index (χ2n) is 5.82. The molecule has 0 atom stereocenters. The lowest BCUT2D eigenvalue weighted by atomic mass is 10.2. The number of aromatic nitrogens is 1. The maximum atomic E-state index is 12.9. The molecule has 0 saturated heterocycles. The van der Waals surface area contributed by atoms with Gasteiger partial charge in [-0.2, -0.15) is 0 Å². The fourth-order valence-electron chi connectivity index (χ4n) is 2.40. The molecule has 0 aliphatic rings. The number of amides is 1. The average Bonchev–Trinajstić information content (AvgIpc) is 2.70. The molecule has 1 heterocycles. The zero-order valence-corrected chi connectivity index (χ0v) is 15.1. The van der Waals surface area contributed by atoms with Crippen molar-refractivity contribution in [3.63, 3.8) is 0 Å². The number of esters is 1. The van der Waals surface area contributed by atoms with Gasteiger partial charge in [0.2, 0.25) is 0 Å². The highest BCUT2D eigenvalue weighted by Gasteiger charge is 2.08. The molecule has 0 aliphatic carbocycles. The Bertz CT molecular complexity index is 956. The SMILES string of the molecule is CCOC(=O)c1ccc(Nc2ccc(NC(=O)c3ccc(F)cc3)nc2)cc1. The van der Waals surface area contributed by atoms with Crippen LogP contribution in [0.3, 0.4) is 0 Å². The Kier molecular flexibility index (Phi) is 5.96. The predicted octanol–water partition coefficient (Wildman–Crippen LogP) is 4.39. The van der Waals surface area contributed by atoms with E-state index in [0.29, 0.717) is 29.2 Å². The normalized spacial score (nSPS) is 10.2. The van der Waals surface area contributed by atoms with E-state index in [1.807, 2.05) is 0 Å². The molecule has 1 amide bonds. The zero-order valence-electron chi connectivity index (χ0n) is 15.1. The van der Waals surface area contributed by atoms with Crippen LogP contribution in [0.1, 0.15) is 27.6 Å². The van der Waals surface area contributed by atoms with Gasteiger partial charge in [0.15, 0.2) is 0 Å². The highest BCUT2D eigenvalue weighted by molar-refractivity contribution is 6.03. The Balaban J connectivity index is 1.60. The van der Waals surface area contributed by atoms with E-state index >= 15 is 0 Å². The molecular weight excluding hydrogens is 361 g/mol. The molecule has 2 N–H and O–H groups in total. The highest BCUT2D eigenvalue weighted by atomic mass is 19.1. The average molecular weight is 379 g/mol. The molecule has 28 heavy (non-hydrogen) atoms. The molecule has 0 unspecified atom stereocenters. The van der Waals surface area contributed by atoms with E-state index in [4.69, 9.17) is 4.74 Å². The third-order valence-corrected chi connectivity index (χ3v) is 3.80. The van der Waals surface area contributed by atoms with Gasteiger partial charge in [-0.1, -0.05) is 0 Å². The third-order valence-electron chi connectivity index (χ3n) is 3.80. The van der Waals surface area contributed by atoms with Crippen molar-refractivity contribution in [2.24, 2.45) is 0 Å². The second kappa shape index (κ2) is 8.77. The van der Waals surface area contributed by atoms with E-state index in [-0.39, 0.29) is 11.9 Å². The molecule has 0 aliphatic heterocycles. The summed E-state index contributed by atoms with van der Waals surface area (Å²) >= 11 is 0. The largest absolute Gasteiger partial charge is 0.462 e. The number of carbonyl (C=O) groups excluding carboxylic acids is 2. The first-order valence-corrected chi connectivity index (χ1v) is 8.62. The van der Waals surface area contributed by atoms with Crippen molar-refractivity contribution in [3.8, 4) is 0 Å². The van der Waals surface area contributed by atoms with E-state index < -0.39 is 5.82 Å². The number of hydrogen-bond donors (Lipinski definition) is 2. The van der Waals surface area contributed by atoms with E-state index in [2.05, 4.69) is 15.6 Å². The van der Waals surface area contributed by atoms with Gasteiger partial charge < -0.3 is 15.4 Å². The van der Waals surface area contributed by atoms with Crippen molar-refractivity contribution in [1.82, 2.24) is 4.98 Å². The van der Waals surface area contributed by atoms with E-state index in [0.717, 1.165) is 5.69 Å². The number of nitrogens with one attached hydrogen (secondary N) is 2. The third kappa shape index (κ3) is 4.91. The Morgan fingerprint density at radius 1 is 0.929 bits per heavy atom. The van der Waals surface area contributed by atoms with Crippen molar-refractivity contribution in [2.45, 2.75) is 6.92 Å². The first-order chi connectivity index (χ1) is 13.5. The van der Waals surface area contributed by atoms with Crippen LogP contribution in [0, 0.1) is 5.82 Å². The monoisotopic (exact) mass is 379 g/mol. The minimum atomic E-state index is -0.402. The first kappa shape index (κ1) is 19.0. The first-order valence-electron chi connectivity index (χ1n) is 8.62. The molecule has 7 heteroatoms. The van der Waals surface area contributed by atoms with E-state index in [1.165, 1.54) is 24.3 Å². The molecule has 142 valence electrons. The van der Waals surface area contributed by atoms with Crippen LogP contribution in [0.15, 0.2) is 66.9 Å². The van der Waals surface area contributed by atoms with Gasteiger partial charge in [0, 0.05) is 11.3 Å². The van der Waals surface area contributed by atoms with Gasteiger partial charge in [-0.3, -0.25) is 4.79 Å². The van der Waals surface area contributed by atoms with Crippen LogP contribution in [0.4, 0.5) is 21.6 Å². The van der Waals surface area contributed by atoms with Crippen LogP contribution in [-0.2, 0) is 4.74 Å². The summed E-state index contributed by atoms with van der Waals surface area (Å²) in [5.41, 5.74) is 2.30. The maximum absolute atomic E-state index is 12.9. The number of pyridine rings is 1. The standard InChI is InChI=1S/C21H18FN3O3/c1-2-28-21(27)15-5-9-17(10-6-15)24-18-11-12-19(23-13-18)25-20(26)14-3-7-16(22)8-4-14/h3-13,24H,2H2,1H3,(H,23,25,26). The molecule has 2 aromatic carbocycles. The minimum absolute atomic E-state index is 0.328. The molecule has 3 aromatic rings. The van der Waals surface area contributed by atoms with Crippen molar-refractivity contribution >= 4 is 29.1 Å². The van der Waals surface area contributed by atoms with Gasteiger partial charge >= 0.3 is 5.97 Å². The molecule has 0 saturated carbocycles. The Hall–Kier alpha value is -3.74. The summed E-state index contributed by atoms with van der Waals surface area (Å²) in [6.45, 7) is 2.08. The number of hydrogen-bond acceptors (Lipinski definition) is 5. The number of rotatable bonds is 6. The summed E-state index contributed by atoms with van der Waals surface area (Å²) in [6, 6.07) is 15.5. The van der Waals surface area contributed by atoms with E-state index in [1.54, 1.807) is 49.5 Å². The lowest BCUT2D eigenvalue weighted by Crippen LogP contribution is -2.12. The predicted molar refractivity (Wildman–Crippen MR) is 104 cm³/mol. The topological polar surface area (TPSA) is 80.3 Å². The number of nitrogens with zero attached hydrogens (tertiary/aromatic N) is 1. The summed E-state index contributed by atoms with van der Waals surface area (Å²) in [5.74, 6) is -0.766. The fraction of sp³-hybridized carbons (Fsp3) is 0.0952. The van der Waals surface area contributed by atoms with Crippen molar-refractivity contribution in [3.05, 3.63) is 83.8 Å². The van der Waals surface area contributed by atoms with E-state index in [9.17, 15) is 14.0 Å². The van der Waals surface area contributed by atoms with Crippen LogP contribution >= 0.6 is 0 Å². The summed E-state index contributed by atoms with van der Waals surface area (Å²) in [4.78, 5) is 27.9. The lowest BCUT2D eigenvalue weighted by Gasteiger charge is -2.09. The van der Waals surface area contributed by atoms with Gasteiger partial charge in [-0.05, 0) is 67.6 Å². The Morgan fingerprint density at radius 3 is 2.18 bits per heavy atom. The van der Waals surface area contributed by atoms with Gasteiger partial charge in [-0.15, -0.1) is 0 Å². The molecule has 0 fully saturated rings. The van der Waals surface area contributed by atoms with Crippen molar-refractivity contribution in [2.75, 3.05) is 17.2 Å². The smallest absolute Gasteiger partial charge is 0.338 e. The number of anilines is 3. The fourth-order valence-corrected chi connectivity index (χ4v) is 2.40. The maximum Gasteiger partial charge on any atom is 0.338 e. The summed E-state index contributed by atoms with van der Waals surface area (Å²) in [5, 5.41) is 5.80. The molecule has 0 radical (unpaired) electrons. The Morgan fingerprint density at radius 2 is 1.57 bits per heavy atom. The molecule has 0 spiro atoms. The van der Waals surface area contributed by atoms with Crippen LogP contribution in [0.25, 0.3) is 0 Å². The Labute approximate surface area is 161 Å². The van der Waals surface area contributed by atoms with Gasteiger partial charge in [-0.25, -0.2) is 14.2 Å². The van der Waals surface area contributed by atoms with Crippen LogP contribution in [0.2, 0.25) is 0 Å². The van der Waals surface area contributed by atoms with Crippen molar-refractivity contribution < 1.29 is 18.7 Å². The van der Waals surface area contributed by atoms with Crippen LogP contribution < -0.4 is 10.6 Å². The number of halogens is 1. The summed E-state index contributed by atoms with van der Waals surface area (Å²) < 4.78 is 17.9. The number of carbonyl (C=O) groups is 2. The highest BCUT2D eigenvalue weighted by Crippen LogP contribution is 2.18. The van der Waals surface area contributed by atoms with Gasteiger partial charge in [0.25, 0.3) is 5.91 Å². The molecule has 6 nitrogen and oxygen atoms in total. The molecule has 1 aromatic heterocycles. The second-order valence-corrected chi connectivity index (χ2v) is 5.82. The zero-order chi connectivity index (χ0) is 19.9. The molecule has 0 bridgehead atoms. The number of ether oxygens (including phenoxy) is 1. The minimum Gasteiger partial charge on any atom is -0.462 e.